The molecule has 0 aliphatic carbocycles. The molecule has 8 heteroatoms. The van der Waals surface area contributed by atoms with Crippen LogP contribution in [0.25, 0.3) is 5.76 Å². The molecule has 2 fully saturated rings. The highest BCUT2D eigenvalue weighted by Gasteiger charge is 2.46. The Labute approximate surface area is 230 Å². The molecule has 1 N–H and O–H groups in total. The quantitative estimate of drug-likeness (QED) is 0.186. The second kappa shape index (κ2) is 13.4. The number of morpholine rings is 1. The van der Waals surface area contributed by atoms with Gasteiger partial charge in [0.05, 0.1) is 31.4 Å². The molecule has 2 aliphatic heterocycles. The van der Waals surface area contributed by atoms with E-state index >= 15 is 0 Å². The summed E-state index contributed by atoms with van der Waals surface area (Å²) >= 11 is 0. The summed E-state index contributed by atoms with van der Waals surface area (Å²) < 4.78 is 16.8. The molecule has 208 valence electrons. The van der Waals surface area contributed by atoms with Gasteiger partial charge in [0.1, 0.15) is 23.9 Å². The van der Waals surface area contributed by atoms with Crippen molar-refractivity contribution < 1.29 is 28.9 Å². The van der Waals surface area contributed by atoms with Gasteiger partial charge < -0.3 is 24.2 Å². The largest absolute Gasteiger partial charge is 0.507 e. The zero-order valence-electron chi connectivity index (χ0n) is 22.9. The number of aliphatic hydroxyl groups is 1. The van der Waals surface area contributed by atoms with E-state index in [9.17, 15) is 14.7 Å². The van der Waals surface area contributed by atoms with E-state index in [0.29, 0.717) is 50.7 Å². The van der Waals surface area contributed by atoms with E-state index in [1.165, 1.54) is 0 Å². The van der Waals surface area contributed by atoms with Gasteiger partial charge in [0.15, 0.2) is 0 Å². The molecular weight excluding hydrogens is 496 g/mol. The molecule has 0 spiro atoms. The normalized spacial score (nSPS) is 19.3. The molecule has 0 radical (unpaired) electrons. The summed E-state index contributed by atoms with van der Waals surface area (Å²) in [5, 5.41) is 11.5. The van der Waals surface area contributed by atoms with Gasteiger partial charge in [-0.2, -0.15) is 0 Å². The molecule has 2 heterocycles. The van der Waals surface area contributed by atoms with Gasteiger partial charge in [0.2, 0.25) is 0 Å². The molecule has 2 aromatic rings. The van der Waals surface area contributed by atoms with E-state index in [2.05, 4.69) is 11.5 Å². The first kappa shape index (κ1) is 28.4. The van der Waals surface area contributed by atoms with E-state index in [1.807, 2.05) is 38.1 Å². The zero-order chi connectivity index (χ0) is 27.8. The van der Waals surface area contributed by atoms with Crippen LogP contribution < -0.4 is 9.47 Å². The van der Waals surface area contributed by atoms with Crippen molar-refractivity contribution in [2.45, 2.75) is 32.7 Å². The lowest BCUT2D eigenvalue weighted by molar-refractivity contribution is -0.140. The molecule has 4 rings (SSSR count). The van der Waals surface area contributed by atoms with Crippen LogP contribution >= 0.6 is 0 Å². The third-order valence-electron chi connectivity index (χ3n) is 7.01. The smallest absolute Gasteiger partial charge is 0.295 e. The molecule has 2 aromatic carbocycles. The highest BCUT2D eigenvalue weighted by atomic mass is 16.5. The van der Waals surface area contributed by atoms with Gasteiger partial charge in [-0.15, -0.1) is 0 Å². The topological polar surface area (TPSA) is 88.5 Å². The second-order valence-corrected chi connectivity index (χ2v) is 9.79. The third kappa shape index (κ3) is 6.69. The number of Topliss-reactive ketones (excluding diaryl/α,β-unsaturated/α-hetero) is 1. The van der Waals surface area contributed by atoms with Crippen LogP contribution in [-0.2, 0) is 14.3 Å². The number of aliphatic hydroxyl groups excluding tert-OH is 1. The molecule has 2 saturated heterocycles. The van der Waals surface area contributed by atoms with Crippen LogP contribution in [0.3, 0.4) is 0 Å². The Kier molecular flexibility index (Phi) is 9.79. The summed E-state index contributed by atoms with van der Waals surface area (Å²) in [5.74, 6) is -0.115. The molecule has 0 bridgehead atoms. The van der Waals surface area contributed by atoms with Gasteiger partial charge in [-0.05, 0) is 61.2 Å². The number of amides is 1. The fourth-order valence-electron chi connectivity index (χ4n) is 5.00. The molecule has 2 aliphatic rings. The van der Waals surface area contributed by atoms with E-state index < -0.39 is 17.7 Å². The van der Waals surface area contributed by atoms with Crippen LogP contribution in [0.4, 0.5) is 0 Å². The molecule has 1 amide bonds. The summed E-state index contributed by atoms with van der Waals surface area (Å²) in [5.41, 5.74) is 2.06. The van der Waals surface area contributed by atoms with Crippen LogP contribution in [-0.4, -0.2) is 79.2 Å². The van der Waals surface area contributed by atoms with Crippen LogP contribution in [0.15, 0.2) is 60.7 Å². The summed E-state index contributed by atoms with van der Waals surface area (Å²) in [7, 11) is 0. The van der Waals surface area contributed by atoms with Gasteiger partial charge >= 0.3 is 0 Å². The number of hydrogen-bond acceptors (Lipinski definition) is 7. The number of rotatable bonds is 12. The first-order valence-corrected chi connectivity index (χ1v) is 13.6. The highest BCUT2D eigenvalue weighted by Crippen LogP contribution is 2.40. The van der Waals surface area contributed by atoms with E-state index in [1.54, 1.807) is 29.2 Å². The Morgan fingerprint density at radius 3 is 2.46 bits per heavy atom. The van der Waals surface area contributed by atoms with Crippen LogP contribution in [0.1, 0.15) is 42.5 Å². The summed E-state index contributed by atoms with van der Waals surface area (Å²) in [6.45, 7) is 12.8. The van der Waals surface area contributed by atoms with Crippen LogP contribution in [0.5, 0.6) is 11.5 Å². The van der Waals surface area contributed by atoms with Crippen molar-refractivity contribution in [3.63, 3.8) is 0 Å². The van der Waals surface area contributed by atoms with Crippen LogP contribution in [0, 0.1) is 6.92 Å². The van der Waals surface area contributed by atoms with Crippen LogP contribution in [0.2, 0.25) is 0 Å². The number of likely N-dealkylation sites (tertiary alicyclic amines) is 1. The molecule has 1 unspecified atom stereocenters. The number of benzene rings is 2. The second-order valence-electron chi connectivity index (χ2n) is 9.79. The Morgan fingerprint density at radius 1 is 1.08 bits per heavy atom. The van der Waals surface area contributed by atoms with Crippen molar-refractivity contribution in [2.24, 2.45) is 0 Å². The number of hydrogen-bond donors (Lipinski definition) is 1. The fraction of sp³-hybridized carbons (Fsp3) is 0.419. The van der Waals surface area contributed by atoms with Crippen molar-refractivity contribution >= 4 is 17.4 Å². The van der Waals surface area contributed by atoms with Crippen molar-refractivity contribution in [3.05, 3.63) is 77.4 Å². The number of carbonyl (C=O) groups excluding carboxylic acids is 2. The van der Waals surface area contributed by atoms with E-state index in [4.69, 9.17) is 14.2 Å². The molecule has 8 nitrogen and oxygen atoms in total. The van der Waals surface area contributed by atoms with E-state index in [0.717, 1.165) is 42.9 Å². The van der Waals surface area contributed by atoms with Gasteiger partial charge in [0.25, 0.3) is 11.7 Å². The van der Waals surface area contributed by atoms with Crippen molar-refractivity contribution in [2.75, 3.05) is 52.6 Å². The number of aryl methyl sites for hydroxylation is 1. The minimum absolute atomic E-state index is 0.0939. The van der Waals surface area contributed by atoms with Gasteiger partial charge in [0, 0.05) is 31.7 Å². The van der Waals surface area contributed by atoms with Gasteiger partial charge in [-0.25, -0.2) is 0 Å². The monoisotopic (exact) mass is 534 g/mol. The average molecular weight is 535 g/mol. The fourth-order valence-corrected chi connectivity index (χ4v) is 5.00. The number of carbonyl (C=O) groups is 2. The predicted molar refractivity (Wildman–Crippen MR) is 150 cm³/mol. The maximum atomic E-state index is 13.4. The Morgan fingerprint density at radius 2 is 1.79 bits per heavy atom. The number of nitrogens with zero attached hydrogens (tertiary/aromatic N) is 2. The molecular formula is C31H38N2O6. The SMILES string of the molecule is C=CCOc1ccc(C(O)=C2C(=O)C(=O)N(CCCN3CCOCC3)C2c2ccc(OCCC)cc2)c(C)c1. The number of ketones is 1. The van der Waals surface area contributed by atoms with E-state index in [-0.39, 0.29) is 11.3 Å². The maximum Gasteiger partial charge on any atom is 0.295 e. The molecule has 0 aromatic heterocycles. The highest BCUT2D eigenvalue weighted by molar-refractivity contribution is 6.46. The summed E-state index contributed by atoms with van der Waals surface area (Å²) in [6, 6.07) is 12.0. The summed E-state index contributed by atoms with van der Waals surface area (Å²) in [4.78, 5) is 30.6. The lowest BCUT2D eigenvalue weighted by Crippen LogP contribution is -2.38. The lowest BCUT2D eigenvalue weighted by atomic mass is 9.93. The Hall–Kier alpha value is -3.62. The third-order valence-corrected chi connectivity index (χ3v) is 7.01. The lowest BCUT2D eigenvalue weighted by Gasteiger charge is -2.29. The molecule has 1 atom stereocenters. The first-order valence-electron chi connectivity index (χ1n) is 13.6. The Bertz CT molecular complexity index is 1200. The maximum absolute atomic E-state index is 13.4. The van der Waals surface area contributed by atoms with Gasteiger partial charge in [-0.3, -0.25) is 14.5 Å². The summed E-state index contributed by atoms with van der Waals surface area (Å²) in [6.07, 6.45) is 3.25. The minimum atomic E-state index is -0.703. The predicted octanol–water partition coefficient (Wildman–Crippen LogP) is 4.49. The minimum Gasteiger partial charge on any atom is -0.507 e. The molecule has 39 heavy (non-hydrogen) atoms. The average Bonchev–Trinajstić information content (AvgIpc) is 3.20. The zero-order valence-corrected chi connectivity index (χ0v) is 22.9. The Balaban J connectivity index is 1.67. The first-order chi connectivity index (χ1) is 18.9. The van der Waals surface area contributed by atoms with Gasteiger partial charge in [-0.1, -0.05) is 31.7 Å². The standard InChI is InChI=1S/C31H38N2O6/c1-4-17-38-24-9-7-23(8-10-24)28-27(29(34)26-12-11-25(21-22(26)3)39-18-5-2)30(35)31(36)33(28)14-6-13-32-15-19-37-20-16-32/h5,7-12,21,28,34H,2,4,6,13-20H2,1,3H3. The number of ether oxygens (including phenoxy) is 3. The molecule has 0 saturated carbocycles. The van der Waals surface area contributed by atoms with Crippen molar-refractivity contribution in [3.8, 4) is 11.5 Å². The van der Waals surface area contributed by atoms with Crippen molar-refractivity contribution in [1.29, 1.82) is 0 Å². The van der Waals surface area contributed by atoms with Crippen molar-refractivity contribution in [1.82, 2.24) is 9.80 Å².